The second kappa shape index (κ2) is 10.3. The number of aliphatic hydroxyl groups is 1. The van der Waals surface area contributed by atoms with Gasteiger partial charge in [-0.3, -0.25) is 9.59 Å². The summed E-state index contributed by atoms with van der Waals surface area (Å²) in [5, 5.41) is 11.4. The number of hydrogen-bond acceptors (Lipinski definition) is 5. The van der Waals surface area contributed by atoms with Gasteiger partial charge in [-0.1, -0.05) is 44.4 Å². The van der Waals surface area contributed by atoms with Gasteiger partial charge in [0.15, 0.2) is 0 Å². The third kappa shape index (κ3) is 4.41. The molecule has 0 spiro atoms. The van der Waals surface area contributed by atoms with E-state index in [9.17, 15) is 14.7 Å². The van der Waals surface area contributed by atoms with E-state index in [1.165, 1.54) is 0 Å². The monoisotopic (exact) mass is 463 g/mol. The topological polar surface area (TPSA) is 76.1 Å². The number of amides is 1. The van der Waals surface area contributed by atoms with Crippen LogP contribution in [0.3, 0.4) is 0 Å². The number of Topliss-reactive ketones (excluding diaryl/α,β-unsaturated/α-hetero) is 1. The van der Waals surface area contributed by atoms with Crippen LogP contribution in [-0.2, 0) is 9.59 Å². The Morgan fingerprint density at radius 2 is 1.79 bits per heavy atom. The fraction of sp³-hybridized carbons (Fsp3) is 0.429. The van der Waals surface area contributed by atoms with Crippen molar-refractivity contribution in [2.24, 2.45) is 0 Å². The Balaban J connectivity index is 1.85. The molecule has 1 heterocycles. The molecular weight excluding hydrogens is 430 g/mol. The van der Waals surface area contributed by atoms with Gasteiger partial charge in [0.25, 0.3) is 11.7 Å². The second-order valence-corrected chi connectivity index (χ2v) is 9.07. The minimum absolute atomic E-state index is 0.0445. The van der Waals surface area contributed by atoms with E-state index in [4.69, 9.17) is 9.47 Å². The zero-order chi connectivity index (χ0) is 24.2. The fourth-order valence-corrected chi connectivity index (χ4v) is 5.11. The van der Waals surface area contributed by atoms with Gasteiger partial charge >= 0.3 is 0 Å². The molecule has 1 aliphatic heterocycles. The van der Waals surface area contributed by atoms with Crippen molar-refractivity contribution in [3.63, 3.8) is 0 Å². The first kappa shape index (κ1) is 23.9. The Kier molecular flexibility index (Phi) is 7.25. The van der Waals surface area contributed by atoms with Crippen LogP contribution in [0.1, 0.15) is 68.2 Å². The Morgan fingerprint density at radius 3 is 2.47 bits per heavy atom. The number of ether oxygens (including phenoxy) is 2. The summed E-state index contributed by atoms with van der Waals surface area (Å²) in [6.07, 6.45) is 5.76. The van der Waals surface area contributed by atoms with Gasteiger partial charge in [-0.25, -0.2) is 0 Å². The van der Waals surface area contributed by atoms with Crippen molar-refractivity contribution in [2.75, 3.05) is 13.7 Å². The highest BCUT2D eigenvalue weighted by Crippen LogP contribution is 2.45. The van der Waals surface area contributed by atoms with Gasteiger partial charge in [-0.2, -0.15) is 0 Å². The standard InChI is InChI=1S/C28H33NO5/c1-4-16-34-22-15-14-19(17-18(22)2)26(30)24-25(21-12-8-9-13-23(21)33-3)29(28(32)27(24)31)20-10-6-5-7-11-20/h8-9,12-15,17,20,25,30H,4-7,10-11,16H2,1-3H3/b26-24+. The minimum Gasteiger partial charge on any atom is -0.507 e. The molecule has 6 heteroatoms. The summed E-state index contributed by atoms with van der Waals surface area (Å²) in [5.74, 6) is -0.0486. The van der Waals surface area contributed by atoms with Crippen molar-refractivity contribution in [1.82, 2.24) is 4.90 Å². The lowest BCUT2D eigenvalue weighted by molar-refractivity contribution is -0.141. The van der Waals surface area contributed by atoms with Crippen LogP contribution in [0.25, 0.3) is 5.76 Å². The zero-order valence-electron chi connectivity index (χ0n) is 20.2. The average Bonchev–Trinajstić information content (AvgIpc) is 3.13. The van der Waals surface area contributed by atoms with Crippen LogP contribution in [0.5, 0.6) is 11.5 Å². The predicted octanol–water partition coefficient (Wildman–Crippen LogP) is 5.55. The highest BCUT2D eigenvalue weighted by Gasteiger charge is 2.49. The summed E-state index contributed by atoms with van der Waals surface area (Å²) in [6.45, 7) is 4.55. The third-order valence-electron chi connectivity index (χ3n) is 6.79. The van der Waals surface area contributed by atoms with Crippen LogP contribution in [-0.4, -0.2) is 41.5 Å². The molecule has 2 aromatic carbocycles. The molecule has 1 unspecified atom stereocenters. The van der Waals surface area contributed by atoms with Crippen LogP contribution in [0.4, 0.5) is 0 Å². The molecule has 2 fully saturated rings. The van der Waals surface area contributed by atoms with E-state index in [0.29, 0.717) is 23.5 Å². The quantitative estimate of drug-likeness (QED) is 0.331. The number of carbonyl (C=O) groups is 2. The minimum atomic E-state index is -0.699. The Hall–Kier alpha value is -3.28. The first-order valence-corrected chi connectivity index (χ1v) is 12.1. The molecule has 180 valence electrons. The molecule has 4 rings (SSSR count). The number of ketones is 1. The average molecular weight is 464 g/mol. The number of carbonyl (C=O) groups excluding carboxylic acids is 2. The molecule has 1 atom stereocenters. The zero-order valence-corrected chi connectivity index (χ0v) is 20.2. The van der Waals surface area contributed by atoms with Crippen LogP contribution >= 0.6 is 0 Å². The normalized spacial score (nSPS) is 20.6. The van der Waals surface area contributed by atoms with Crippen molar-refractivity contribution in [2.45, 2.75) is 64.5 Å². The summed E-state index contributed by atoms with van der Waals surface area (Å²) in [6, 6.07) is 12.0. The number of rotatable bonds is 7. The summed E-state index contributed by atoms with van der Waals surface area (Å²) in [7, 11) is 1.57. The fourth-order valence-electron chi connectivity index (χ4n) is 5.11. The number of hydrogen-bond donors (Lipinski definition) is 1. The van der Waals surface area contributed by atoms with Crippen LogP contribution in [0, 0.1) is 6.92 Å². The molecule has 1 amide bonds. The van der Waals surface area contributed by atoms with E-state index in [0.717, 1.165) is 49.8 Å². The van der Waals surface area contributed by atoms with Gasteiger partial charge in [-0.15, -0.1) is 0 Å². The molecule has 34 heavy (non-hydrogen) atoms. The number of para-hydroxylation sites is 1. The first-order chi connectivity index (χ1) is 16.5. The maximum atomic E-state index is 13.4. The lowest BCUT2D eigenvalue weighted by atomic mass is 9.90. The van der Waals surface area contributed by atoms with Gasteiger partial charge in [0.1, 0.15) is 17.3 Å². The molecule has 0 bridgehead atoms. The number of aryl methyl sites for hydroxylation is 1. The molecule has 1 N–H and O–H groups in total. The maximum absolute atomic E-state index is 13.4. The van der Waals surface area contributed by atoms with Gasteiger partial charge in [0.05, 0.1) is 25.3 Å². The van der Waals surface area contributed by atoms with Gasteiger partial charge < -0.3 is 19.5 Å². The predicted molar refractivity (Wildman–Crippen MR) is 131 cm³/mol. The van der Waals surface area contributed by atoms with E-state index < -0.39 is 17.7 Å². The lowest BCUT2D eigenvalue weighted by Crippen LogP contribution is -2.40. The summed E-state index contributed by atoms with van der Waals surface area (Å²) in [4.78, 5) is 28.4. The van der Waals surface area contributed by atoms with E-state index >= 15 is 0 Å². The Morgan fingerprint density at radius 1 is 1.06 bits per heavy atom. The highest BCUT2D eigenvalue weighted by molar-refractivity contribution is 6.46. The van der Waals surface area contributed by atoms with E-state index in [-0.39, 0.29) is 17.4 Å². The molecule has 2 aromatic rings. The largest absolute Gasteiger partial charge is 0.507 e. The van der Waals surface area contributed by atoms with Crippen molar-refractivity contribution in [1.29, 1.82) is 0 Å². The first-order valence-electron chi connectivity index (χ1n) is 12.1. The van der Waals surface area contributed by atoms with Crippen LogP contribution < -0.4 is 9.47 Å². The summed E-state index contributed by atoms with van der Waals surface area (Å²) >= 11 is 0. The van der Waals surface area contributed by atoms with Crippen molar-refractivity contribution >= 4 is 17.4 Å². The molecular formula is C28H33NO5. The van der Waals surface area contributed by atoms with Gasteiger partial charge in [0, 0.05) is 17.2 Å². The second-order valence-electron chi connectivity index (χ2n) is 9.07. The summed E-state index contributed by atoms with van der Waals surface area (Å²) in [5.41, 5.74) is 2.16. The number of nitrogens with zero attached hydrogens (tertiary/aromatic N) is 1. The Labute approximate surface area is 201 Å². The molecule has 1 saturated carbocycles. The number of benzene rings is 2. The molecule has 1 aliphatic carbocycles. The number of aliphatic hydroxyl groups excluding tert-OH is 1. The van der Waals surface area contributed by atoms with Gasteiger partial charge in [0.2, 0.25) is 0 Å². The maximum Gasteiger partial charge on any atom is 0.295 e. The molecule has 6 nitrogen and oxygen atoms in total. The molecule has 0 radical (unpaired) electrons. The molecule has 2 aliphatic rings. The SMILES string of the molecule is CCCOc1ccc(/C(O)=C2\C(=O)C(=O)N(C3CCCCC3)C2c2ccccc2OC)cc1C. The number of likely N-dealkylation sites (tertiary alicyclic amines) is 1. The van der Waals surface area contributed by atoms with Crippen LogP contribution in [0.2, 0.25) is 0 Å². The smallest absolute Gasteiger partial charge is 0.295 e. The molecule has 1 saturated heterocycles. The van der Waals surface area contributed by atoms with Crippen molar-refractivity contribution in [3.8, 4) is 11.5 Å². The number of methoxy groups -OCH3 is 1. The Bertz CT molecular complexity index is 1100. The van der Waals surface area contributed by atoms with Crippen LogP contribution in [0.15, 0.2) is 48.0 Å². The van der Waals surface area contributed by atoms with E-state index in [1.54, 1.807) is 30.2 Å². The highest BCUT2D eigenvalue weighted by atomic mass is 16.5. The third-order valence-corrected chi connectivity index (χ3v) is 6.79. The van der Waals surface area contributed by atoms with Crippen molar-refractivity contribution in [3.05, 3.63) is 64.7 Å². The van der Waals surface area contributed by atoms with E-state index in [2.05, 4.69) is 0 Å². The summed E-state index contributed by atoms with van der Waals surface area (Å²) < 4.78 is 11.4. The lowest BCUT2D eigenvalue weighted by Gasteiger charge is -2.35. The van der Waals surface area contributed by atoms with Gasteiger partial charge in [-0.05, 0) is 56.0 Å². The van der Waals surface area contributed by atoms with Crippen molar-refractivity contribution < 1.29 is 24.2 Å². The van der Waals surface area contributed by atoms with E-state index in [1.807, 2.05) is 38.1 Å². The molecule has 0 aromatic heterocycles.